The van der Waals surface area contributed by atoms with Crippen molar-refractivity contribution >= 4 is 17.3 Å². The first-order valence-corrected chi connectivity index (χ1v) is 11.4. The molecule has 1 saturated heterocycles. The highest BCUT2D eigenvalue weighted by Gasteiger charge is 2.41. The molecule has 1 aliphatic rings. The molecule has 0 radical (unpaired) electrons. The zero-order valence-electron chi connectivity index (χ0n) is 18.9. The Balaban J connectivity index is 1.63. The molecule has 166 valence electrons. The Morgan fingerprint density at radius 1 is 0.970 bits per heavy atom. The largest absolute Gasteiger partial charge is 0.352 e. The molecule has 0 saturated carbocycles. The number of nitrogens with one attached hydrogen (secondary N) is 1. The summed E-state index contributed by atoms with van der Waals surface area (Å²) < 4.78 is 2.24. The molecule has 1 aliphatic heterocycles. The van der Waals surface area contributed by atoms with Crippen LogP contribution in [0.15, 0.2) is 73.3 Å². The smallest absolute Gasteiger partial charge is 0.170 e. The summed E-state index contributed by atoms with van der Waals surface area (Å²) in [6.45, 7) is 7.06. The zero-order chi connectivity index (χ0) is 22.9. The number of aromatic nitrogens is 4. The van der Waals surface area contributed by atoms with Gasteiger partial charge >= 0.3 is 0 Å². The molecule has 4 aromatic rings. The second-order valence-electron chi connectivity index (χ2n) is 8.42. The van der Waals surface area contributed by atoms with Crippen LogP contribution in [0.25, 0.3) is 5.82 Å². The lowest BCUT2D eigenvalue weighted by Gasteiger charge is -2.28. The SMILES string of the molecule is Cc1cccnc1-n1c(C)cc(C2C(c3ccccn3)NC(=S)N2Cc2cccnc2)c1C. The Bertz CT molecular complexity index is 1280. The van der Waals surface area contributed by atoms with Gasteiger partial charge in [0.25, 0.3) is 0 Å². The van der Waals surface area contributed by atoms with E-state index in [1.54, 1.807) is 6.20 Å². The predicted octanol–water partition coefficient (Wildman–Crippen LogP) is 4.76. The fourth-order valence-electron chi connectivity index (χ4n) is 4.73. The lowest BCUT2D eigenvalue weighted by molar-refractivity contribution is 0.310. The number of thiocarbonyl (C=S) groups is 1. The van der Waals surface area contributed by atoms with Crippen molar-refractivity contribution in [3.05, 3.63) is 107 Å². The van der Waals surface area contributed by atoms with Crippen LogP contribution in [0.3, 0.4) is 0 Å². The van der Waals surface area contributed by atoms with Crippen LogP contribution in [0.4, 0.5) is 0 Å². The van der Waals surface area contributed by atoms with Gasteiger partial charge in [-0.1, -0.05) is 18.2 Å². The van der Waals surface area contributed by atoms with E-state index in [4.69, 9.17) is 12.2 Å². The maximum atomic E-state index is 5.84. The van der Waals surface area contributed by atoms with E-state index >= 15 is 0 Å². The van der Waals surface area contributed by atoms with Crippen molar-refractivity contribution in [1.29, 1.82) is 0 Å². The van der Waals surface area contributed by atoms with E-state index in [1.807, 2.05) is 42.9 Å². The summed E-state index contributed by atoms with van der Waals surface area (Å²) in [5, 5.41) is 4.27. The van der Waals surface area contributed by atoms with E-state index in [9.17, 15) is 0 Å². The first-order valence-electron chi connectivity index (χ1n) is 11.0. The second-order valence-corrected chi connectivity index (χ2v) is 8.81. The van der Waals surface area contributed by atoms with Gasteiger partial charge in [-0.3, -0.25) is 9.97 Å². The number of pyridine rings is 3. The topological polar surface area (TPSA) is 58.9 Å². The number of nitrogens with zero attached hydrogens (tertiary/aromatic N) is 5. The van der Waals surface area contributed by atoms with Crippen LogP contribution in [0.5, 0.6) is 0 Å². The maximum absolute atomic E-state index is 5.84. The van der Waals surface area contributed by atoms with Crippen LogP contribution in [0.1, 0.15) is 45.9 Å². The average molecular weight is 455 g/mol. The van der Waals surface area contributed by atoms with Gasteiger partial charge < -0.3 is 14.8 Å². The molecule has 1 fully saturated rings. The number of rotatable bonds is 5. The quantitative estimate of drug-likeness (QED) is 0.439. The molecule has 6 nitrogen and oxygen atoms in total. The Morgan fingerprint density at radius 3 is 2.52 bits per heavy atom. The minimum atomic E-state index is -0.0610. The van der Waals surface area contributed by atoms with Gasteiger partial charge in [0, 0.05) is 42.7 Å². The lowest BCUT2D eigenvalue weighted by atomic mass is 9.96. The minimum Gasteiger partial charge on any atom is -0.352 e. The van der Waals surface area contributed by atoms with Crippen molar-refractivity contribution in [1.82, 2.24) is 29.7 Å². The van der Waals surface area contributed by atoms with E-state index in [-0.39, 0.29) is 12.1 Å². The lowest BCUT2D eigenvalue weighted by Crippen LogP contribution is -2.29. The van der Waals surface area contributed by atoms with Gasteiger partial charge in [0.15, 0.2) is 5.11 Å². The van der Waals surface area contributed by atoms with Gasteiger partial charge in [0.2, 0.25) is 0 Å². The molecule has 5 rings (SSSR count). The van der Waals surface area contributed by atoms with Crippen LogP contribution >= 0.6 is 12.2 Å². The van der Waals surface area contributed by atoms with Gasteiger partial charge in [-0.05, 0) is 80.0 Å². The molecule has 0 aromatic carbocycles. The third kappa shape index (κ3) is 3.89. The molecule has 0 spiro atoms. The summed E-state index contributed by atoms with van der Waals surface area (Å²) in [5.41, 5.74) is 6.73. The average Bonchev–Trinajstić information content (AvgIpc) is 3.30. The normalized spacial score (nSPS) is 17.9. The zero-order valence-corrected chi connectivity index (χ0v) is 19.8. The standard InChI is InChI=1S/C26H26N6S/c1-17-8-6-13-29-25(17)32-18(2)14-21(19(32)3)24-23(22-10-4-5-12-28-22)30-26(33)31(24)16-20-9-7-11-27-15-20/h4-15,23-24H,16H2,1-3H3,(H,30,33). The van der Waals surface area contributed by atoms with Gasteiger partial charge in [-0.25, -0.2) is 4.98 Å². The summed E-state index contributed by atoms with van der Waals surface area (Å²) in [6.07, 6.45) is 7.37. The molecule has 33 heavy (non-hydrogen) atoms. The van der Waals surface area contributed by atoms with E-state index in [2.05, 4.69) is 74.8 Å². The molecule has 0 aliphatic carbocycles. The molecular formula is C26H26N6S. The summed E-state index contributed by atoms with van der Waals surface area (Å²) in [7, 11) is 0. The van der Waals surface area contributed by atoms with Crippen LogP contribution in [0, 0.1) is 20.8 Å². The van der Waals surface area contributed by atoms with Crippen molar-refractivity contribution in [2.75, 3.05) is 0 Å². The van der Waals surface area contributed by atoms with Crippen LogP contribution in [-0.4, -0.2) is 29.5 Å². The first-order chi connectivity index (χ1) is 16.0. The Kier molecular flexibility index (Phi) is 5.64. The van der Waals surface area contributed by atoms with Crippen LogP contribution in [0.2, 0.25) is 0 Å². The van der Waals surface area contributed by atoms with Gasteiger partial charge in [0.1, 0.15) is 5.82 Å². The molecule has 2 unspecified atom stereocenters. The van der Waals surface area contributed by atoms with Gasteiger partial charge in [-0.2, -0.15) is 0 Å². The van der Waals surface area contributed by atoms with E-state index in [1.165, 1.54) is 5.56 Å². The monoisotopic (exact) mass is 454 g/mol. The minimum absolute atomic E-state index is 0.0171. The number of hydrogen-bond donors (Lipinski definition) is 1. The summed E-state index contributed by atoms with van der Waals surface area (Å²) in [5.74, 6) is 0.959. The highest BCUT2D eigenvalue weighted by Crippen LogP contribution is 2.42. The molecule has 0 amide bonds. The summed E-state index contributed by atoms with van der Waals surface area (Å²) in [6, 6.07) is 16.3. The summed E-state index contributed by atoms with van der Waals surface area (Å²) >= 11 is 5.84. The van der Waals surface area contributed by atoms with E-state index in [0.717, 1.165) is 39.1 Å². The third-order valence-corrected chi connectivity index (χ3v) is 6.61. The van der Waals surface area contributed by atoms with Crippen molar-refractivity contribution in [3.63, 3.8) is 0 Å². The molecule has 7 heteroatoms. The van der Waals surface area contributed by atoms with Crippen molar-refractivity contribution in [2.45, 2.75) is 39.4 Å². The van der Waals surface area contributed by atoms with Crippen molar-refractivity contribution < 1.29 is 0 Å². The second kappa shape index (κ2) is 8.75. The molecule has 5 heterocycles. The number of aryl methyl sites for hydroxylation is 2. The Morgan fingerprint density at radius 2 is 1.79 bits per heavy atom. The third-order valence-electron chi connectivity index (χ3n) is 6.26. The molecule has 0 bridgehead atoms. The fourth-order valence-corrected chi connectivity index (χ4v) is 5.03. The summed E-state index contributed by atoms with van der Waals surface area (Å²) in [4.78, 5) is 15.9. The highest BCUT2D eigenvalue weighted by atomic mass is 32.1. The van der Waals surface area contributed by atoms with Gasteiger partial charge in [-0.15, -0.1) is 0 Å². The Labute approximate surface area is 199 Å². The Hall–Kier alpha value is -3.58. The van der Waals surface area contributed by atoms with Crippen LogP contribution < -0.4 is 5.32 Å². The fraction of sp³-hybridized carbons (Fsp3) is 0.231. The molecule has 2 atom stereocenters. The molecule has 1 N–H and O–H groups in total. The molecular weight excluding hydrogens is 428 g/mol. The highest BCUT2D eigenvalue weighted by molar-refractivity contribution is 7.80. The van der Waals surface area contributed by atoms with Crippen molar-refractivity contribution in [3.8, 4) is 5.82 Å². The van der Waals surface area contributed by atoms with Gasteiger partial charge in [0.05, 0.1) is 17.8 Å². The van der Waals surface area contributed by atoms with Crippen molar-refractivity contribution in [2.24, 2.45) is 0 Å². The number of hydrogen-bond acceptors (Lipinski definition) is 4. The van der Waals surface area contributed by atoms with E-state index < -0.39 is 0 Å². The maximum Gasteiger partial charge on any atom is 0.170 e. The predicted molar refractivity (Wildman–Crippen MR) is 133 cm³/mol. The van der Waals surface area contributed by atoms with Crippen LogP contribution in [-0.2, 0) is 6.54 Å². The molecule has 4 aromatic heterocycles. The first kappa shape index (κ1) is 21.3. The van der Waals surface area contributed by atoms with E-state index in [0.29, 0.717) is 6.54 Å².